The van der Waals surface area contributed by atoms with Gasteiger partial charge in [0.15, 0.2) is 0 Å². The number of hydrogen-bond donors (Lipinski definition) is 1. The van der Waals surface area contributed by atoms with Crippen LogP contribution in [-0.4, -0.2) is 35.9 Å². The summed E-state index contributed by atoms with van der Waals surface area (Å²) < 4.78 is 7.98. The molecule has 0 unspecified atom stereocenters. The van der Waals surface area contributed by atoms with Gasteiger partial charge in [-0.25, -0.2) is 4.98 Å². The van der Waals surface area contributed by atoms with Gasteiger partial charge >= 0.3 is 0 Å². The zero-order valence-corrected chi connectivity index (χ0v) is 11.2. The van der Waals surface area contributed by atoms with Gasteiger partial charge in [0, 0.05) is 37.1 Å². The Morgan fingerprint density at radius 1 is 1.22 bits per heavy atom. The summed E-state index contributed by atoms with van der Waals surface area (Å²) in [5.41, 5.74) is 1.32. The fraction of sp³-hybridized carbons (Fsp3) is 0.786. The topological polar surface area (TPSA) is 39.1 Å². The van der Waals surface area contributed by atoms with Gasteiger partial charge in [-0.2, -0.15) is 0 Å². The molecule has 2 fully saturated rings. The van der Waals surface area contributed by atoms with E-state index in [4.69, 9.17) is 9.72 Å². The van der Waals surface area contributed by atoms with E-state index >= 15 is 0 Å². The van der Waals surface area contributed by atoms with E-state index in [1.54, 1.807) is 0 Å². The molecular weight excluding hydrogens is 226 g/mol. The number of nitrogens with one attached hydrogen (secondary N) is 1. The molecule has 1 aromatic heterocycles. The largest absolute Gasteiger partial charge is 0.381 e. The molecule has 2 saturated heterocycles. The van der Waals surface area contributed by atoms with Crippen molar-refractivity contribution in [3.63, 3.8) is 0 Å². The standard InChI is InChI=1S/C14H23N3O/c1-11-10-16-14(12-2-6-15-7-3-12)17(11)13-4-8-18-9-5-13/h10,12-13,15H,2-9H2,1H3. The predicted octanol–water partition coefficient (Wildman–Crippen LogP) is 2.01. The first-order valence-corrected chi connectivity index (χ1v) is 7.18. The summed E-state index contributed by atoms with van der Waals surface area (Å²) in [4.78, 5) is 4.71. The first-order valence-electron chi connectivity index (χ1n) is 7.18. The number of aryl methyl sites for hydroxylation is 1. The molecule has 0 atom stereocenters. The van der Waals surface area contributed by atoms with E-state index in [9.17, 15) is 0 Å². The van der Waals surface area contributed by atoms with Crippen LogP contribution in [0.4, 0.5) is 0 Å². The fourth-order valence-corrected chi connectivity index (χ4v) is 3.27. The van der Waals surface area contributed by atoms with Crippen molar-refractivity contribution in [3.05, 3.63) is 17.7 Å². The third-order valence-electron chi connectivity index (χ3n) is 4.27. The number of imidazole rings is 1. The summed E-state index contributed by atoms with van der Waals surface area (Å²) >= 11 is 0. The van der Waals surface area contributed by atoms with Crippen LogP contribution in [0.1, 0.15) is 49.2 Å². The number of ether oxygens (including phenoxy) is 1. The second kappa shape index (κ2) is 5.41. The van der Waals surface area contributed by atoms with E-state index in [0.717, 1.165) is 39.1 Å². The molecule has 0 bridgehead atoms. The lowest BCUT2D eigenvalue weighted by Crippen LogP contribution is -2.30. The van der Waals surface area contributed by atoms with Crippen LogP contribution in [0.2, 0.25) is 0 Å². The molecule has 0 saturated carbocycles. The third kappa shape index (κ3) is 2.31. The van der Waals surface area contributed by atoms with Crippen LogP contribution in [0.3, 0.4) is 0 Å². The van der Waals surface area contributed by atoms with E-state index in [1.807, 2.05) is 6.20 Å². The lowest BCUT2D eigenvalue weighted by atomic mass is 9.96. The molecular formula is C14H23N3O. The third-order valence-corrected chi connectivity index (χ3v) is 4.27. The summed E-state index contributed by atoms with van der Waals surface area (Å²) in [5.74, 6) is 1.96. The number of rotatable bonds is 2. The smallest absolute Gasteiger partial charge is 0.112 e. The number of hydrogen-bond acceptors (Lipinski definition) is 3. The second-order valence-electron chi connectivity index (χ2n) is 5.50. The van der Waals surface area contributed by atoms with E-state index in [-0.39, 0.29) is 0 Å². The quantitative estimate of drug-likeness (QED) is 0.871. The molecule has 3 heterocycles. The van der Waals surface area contributed by atoms with Crippen molar-refractivity contribution in [2.45, 2.75) is 44.6 Å². The summed E-state index contributed by atoms with van der Waals surface area (Å²) in [5, 5.41) is 3.43. The maximum Gasteiger partial charge on any atom is 0.112 e. The molecule has 18 heavy (non-hydrogen) atoms. The molecule has 100 valence electrons. The van der Waals surface area contributed by atoms with Crippen LogP contribution in [0.25, 0.3) is 0 Å². The Morgan fingerprint density at radius 2 is 1.94 bits per heavy atom. The Balaban J connectivity index is 1.85. The minimum Gasteiger partial charge on any atom is -0.381 e. The zero-order valence-electron chi connectivity index (χ0n) is 11.2. The van der Waals surface area contributed by atoms with Gasteiger partial charge in [0.25, 0.3) is 0 Å². The number of aromatic nitrogens is 2. The van der Waals surface area contributed by atoms with Crippen molar-refractivity contribution in [2.75, 3.05) is 26.3 Å². The molecule has 0 amide bonds. The molecule has 0 aliphatic carbocycles. The van der Waals surface area contributed by atoms with Gasteiger partial charge in [-0.05, 0) is 45.7 Å². The Hall–Kier alpha value is -0.870. The lowest BCUT2D eigenvalue weighted by Gasteiger charge is -2.30. The highest BCUT2D eigenvalue weighted by molar-refractivity contribution is 5.11. The van der Waals surface area contributed by atoms with E-state index < -0.39 is 0 Å². The Morgan fingerprint density at radius 3 is 2.67 bits per heavy atom. The van der Waals surface area contributed by atoms with Crippen molar-refractivity contribution in [2.24, 2.45) is 0 Å². The summed E-state index contributed by atoms with van der Waals surface area (Å²) in [6.45, 7) is 6.24. The molecule has 1 N–H and O–H groups in total. The van der Waals surface area contributed by atoms with Crippen molar-refractivity contribution in [1.82, 2.24) is 14.9 Å². The first-order chi connectivity index (χ1) is 8.86. The first kappa shape index (κ1) is 12.2. The highest BCUT2D eigenvalue weighted by Gasteiger charge is 2.25. The highest BCUT2D eigenvalue weighted by Crippen LogP contribution is 2.31. The summed E-state index contributed by atoms with van der Waals surface area (Å²) in [6, 6.07) is 0.603. The van der Waals surface area contributed by atoms with Crippen molar-refractivity contribution in [3.8, 4) is 0 Å². The number of nitrogens with zero attached hydrogens (tertiary/aromatic N) is 2. The summed E-state index contributed by atoms with van der Waals surface area (Å²) in [7, 11) is 0. The highest BCUT2D eigenvalue weighted by atomic mass is 16.5. The van der Waals surface area contributed by atoms with E-state index in [1.165, 1.54) is 24.4 Å². The lowest BCUT2D eigenvalue weighted by molar-refractivity contribution is 0.0678. The van der Waals surface area contributed by atoms with Crippen LogP contribution < -0.4 is 5.32 Å². The Labute approximate surface area is 109 Å². The van der Waals surface area contributed by atoms with Gasteiger partial charge in [-0.3, -0.25) is 0 Å². The van der Waals surface area contributed by atoms with Crippen LogP contribution in [0, 0.1) is 6.92 Å². The monoisotopic (exact) mass is 249 g/mol. The average Bonchev–Trinajstić information content (AvgIpc) is 2.83. The molecule has 0 spiro atoms. The maximum atomic E-state index is 5.48. The molecule has 4 heteroatoms. The minimum atomic E-state index is 0.603. The normalized spacial score (nSPS) is 23.4. The molecule has 1 aromatic rings. The van der Waals surface area contributed by atoms with Crippen LogP contribution in [0.5, 0.6) is 0 Å². The van der Waals surface area contributed by atoms with Crippen LogP contribution >= 0.6 is 0 Å². The van der Waals surface area contributed by atoms with Gasteiger partial charge in [0.05, 0.1) is 0 Å². The minimum absolute atomic E-state index is 0.603. The molecule has 2 aliphatic rings. The van der Waals surface area contributed by atoms with E-state index in [2.05, 4.69) is 16.8 Å². The van der Waals surface area contributed by atoms with Crippen molar-refractivity contribution < 1.29 is 4.74 Å². The fourth-order valence-electron chi connectivity index (χ4n) is 3.27. The SMILES string of the molecule is Cc1cnc(C2CCNCC2)n1C1CCOCC1. The zero-order chi connectivity index (χ0) is 12.4. The predicted molar refractivity (Wildman–Crippen MR) is 70.9 cm³/mol. The summed E-state index contributed by atoms with van der Waals surface area (Å²) in [6.07, 6.45) is 6.76. The van der Waals surface area contributed by atoms with Crippen molar-refractivity contribution in [1.29, 1.82) is 0 Å². The average molecular weight is 249 g/mol. The molecule has 2 aliphatic heterocycles. The van der Waals surface area contributed by atoms with E-state index in [0.29, 0.717) is 12.0 Å². The molecule has 4 nitrogen and oxygen atoms in total. The van der Waals surface area contributed by atoms with Gasteiger partial charge < -0.3 is 14.6 Å². The molecule has 0 radical (unpaired) electrons. The van der Waals surface area contributed by atoms with Crippen LogP contribution in [0.15, 0.2) is 6.20 Å². The molecule has 3 rings (SSSR count). The van der Waals surface area contributed by atoms with Crippen molar-refractivity contribution >= 4 is 0 Å². The van der Waals surface area contributed by atoms with Gasteiger partial charge in [-0.15, -0.1) is 0 Å². The second-order valence-corrected chi connectivity index (χ2v) is 5.50. The maximum absolute atomic E-state index is 5.48. The number of piperidine rings is 1. The Kier molecular flexibility index (Phi) is 3.66. The molecule has 0 aromatic carbocycles. The van der Waals surface area contributed by atoms with Gasteiger partial charge in [0.1, 0.15) is 5.82 Å². The van der Waals surface area contributed by atoms with Gasteiger partial charge in [-0.1, -0.05) is 0 Å². The van der Waals surface area contributed by atoms with Gasteiger partial charge in [0.2, 0.25) is 0 Å². The van der Waals surface area contributed by atoms with Crippen LogP contribution in [-0.2, 0) is 4.74 Å². The Bertz CT molecular complexity index is 390.